The van der Waals surface area contributed by atoms with Crippen LogP contribution in [0.4, 0.5) is 10.5 Å². The van der Waals surface area contributed by atoms with Crippen LogP contribution in [0.3, 0.4) is 0 Å². The van der Waals surface area contributed by atoms with Gasteiger partial charge in [-0.15, -0.1) is 0 Å². The molecule has 0 aromatic heterocycles. The van der Waals surface area contributed by atoms with Crippen molar-refractivity contribution in [3.63, 3.8) is 0 Å². The number of piperidine rings is 1. The number of carbonyl (C=O) groups excluding carboxylic acids is 1. The molecule has 2 aliphatic rings. The van der Waals surface area contributed by atoms with Gasteiger partial charge in [-0.25, -0.2) is 0 Å². The zero-order valence-electron chi connectivity index (χ0n) is 15.9. The van der Waals surface area contributed by atoms with Crippen LogP contribution in [0.15, 0.2) is 35.4 Å². The summed E-state index contributed by atoms with van der Waals surface area (Å²) in [6.45, 7) is 3.87. The van der Waals surface area contributed by atoms with Crippen LogP contribution in [0.25, 0.3) is 5.57 Å². The highest BCUT2D eigenvalue weighted by molar-refractivity contribution is 8.16. The van der Waals surface area contributed by atoms with E-state index in [0.717, 1.165) is 43.4 Å². The lowest BCUT2D eigenvalue weighted by Crippen LogP contribution is -2.26. The summed E-state index contributed by atoms with van der Waals surface area (Å²) < 4.78 is 0. The minimum absolute atomic E-state index is 0.140. The van der Waals surface area contributed by atoms with Gasteiger partial charge >= 0.3 is 0 Å². The normalized spacial score (nSPS) is 18.7. The minimum atomic E-state index is -0.140. The Bertz CT molecular complexity index is 724. The highest BCUT2D eigenvalue weighted by atomic mass is 32.2. The van der Waals surface area contributed by atoms with E-state index >= 15 is 0 Å². The Balaban J connectivity index is 1.83. The molecule has 5 nitrogen and oxygen atoms in total. The van der Waals surface area contributed by atoms with E-state index in [1.54, 1.807) is 12.3 Å². The van der Waals surface area contributed by atoms with Gasteiger partial charge in [-0.2, -0.15) is 5.90 Å². The zero-order chi connectivity index (χ0) is 19.1. The van der Waals surface area contributed by atoms with Crippen LogP contribution in [-0.2, 0) is 4.84 Å². The topological polar surface area (TPSA) is 76.4 Å². The summed E-state index contributed by atoms with van der Waals surface area (Å²) in [7, 11) is 0. The molecule has 27 heavy (non-hydrogen) atoms. The molecular formula is C21H29N3O2S. The third kappa shape index (κ3) is 5.61. The molecule has 6 heteroatoms. The van der Waals surface area contributed by atoms with Crippen molar-refractivity contribution in [1.82, 2.24) is 5.32 Å². The molecule has 1 aliphatic carbocycles. The number of rotatable bonds is 5. The Kier molecular flexibility index (Phi) is 7.38. The average Bonchev–Trinajstić information content (AvgIpc) is 2.73. The first-order chi connectivity index (χ1) is 13.2. The molecule has 1 fully saturated rings. The third-order valence-electron chi connectivity index (χ3n) is 5.25. The molecule has 0 unspecified atom stereocenters. The lowest BCUT2D eigenvalue weighted by Gasteiger charge is -2.25. The maximum atomic E-state index is 12.3. The number of benzene rings is 1. The fraction of sp³-hybridized carbons (Fsp3) is 0.476. The zero-order valence-corrected chi connectivity index (χ0v) is 16.7. The molecule has 3 rings (SSSR count). The van der Waals surface area contributed by atoms with E-state index in [2.05, 4.69) is 39.7 Å². The second-order valence-electron chi connectivity index (χ2n) is 7.18. The second kappa shape index (κ2) is 9.97. The first-order valence-corrected chi connectivity index (χ1v) is 10.6. The van der Waals surface area contributed by atoms with E-state index in [4.69, 9.17) is 5.90 Å². The van der Waals surface area contributed by atoms with Crippen molar-refractivity contribution in [3.8, 4) is 0 Å². The van der Waals surface area contributed by atoms with Gasteiger partial charge in [-0.3, -0.25) is 4.79 Å². The molecule has 1 aromatic carbocycles. The van der Waals surface area contributed by atoms with Crippen molar-refractivity contribution in [2.45, 2.75) is 51.4 Å². The maximum absolute atomic E-state index is 12.3. The maximum Gasteiger partial charge on any atom is 0.287 e. The predicted molar refractivity (Wildman–Crippen MR) is 113 cm³/mol. The lowest BCUT2D eigenvalue weighted by molar-refractivity contribution is 0.224. The summed E-state index contributed by atoms with van der Waals surface area (Å²) in [5, 5.41) is 7.95. The summed E-state index contributed by atoms with van der Waals surface area (Å²) in [6, 6.07) is 6.54. The van der Waals surface area contributed by atoms with E-state index < -0.39 is 0 Å². The summed E-state index contributed by atoms with van der Waals surface area (Å²) in [5.41, 5.74) is 4.80. The van der Waals surface area contributed by atoms with E-state index in [9.17, 15) is 4.79 Å². The minimum Gasteiger partial charge on any atom is -0.416 e. The Morgan fingerprint density at radius 3 is 2.85 bits per heavy atom. The smallest absolute Gasteiger partial charge is 0.287 e. The van der Waals surface area contributed by atoms with Gasteiger partial charge in [0.15, 0.2) is 0 Å². The number of thioether (sulfide) groups is 1. The van der Waals surface area contributed by atoms with Gasteiger partial charge in [0.2, 0.25) is 0 Å². The molecule has 1 amide bonds. The molecule has 1 aromatic rings. The molecule has 0 bridgehead atoms. The van der Waals surface area contributed by atoms with Crippen molar-refractivity contribution in [1.29, 1.82) is 0 Å². The second-order valence-corrected chi connectivity index (χ2v) is 8.02. The number of nitrogens with two attached hydrogens (primary N) is 1. The van der Waals surface area contributed by atoms with Crippen LogP contribution in [0, 0.1) is 0 Å². The van der Waals surface area contributed by atoms with Crippen molar-refractivity contribution in [3.05, 3.63) is 46.6 Å². The molecule has 1 heterocycles. The van der Waals surface area contributed by atoms with Gasteiger partial charge in [-0.1, -0.05) is 12.1 Å². The van der Waals surface area contributed by atoms with Crippen molar-refractivity contribution < 1.29 is 9.63 Å². The van der Waals surface area contributed by atoms with Gasteiger partial charge in [0.25, 0.3) is 5.24 Å². The molecule has 0 saturated carbocycles. The van der Waals surface area contributed by atoms with Gasteiger partial charge in [0.05, 0.1) is 0 Å². The SMILES string of the molecule is C/C(=C/SC(=O)Nc1ccc(C2CCNCC2)cc1C1=CCCCC1)ON. The highest BCUT2D eigenvalue weighted by Crippen LogP contribution is 2.36. The Morgan fingerprint density at radius 1 is 1.33 bits per heavy atom. The van der Waals surface area contributed by atoms with Gasteiger partial charge < -0.3 is 15.5 Å². The van der Waals surface area contributed by atoms with Crippen molar-refractivity contribution >= 4 is 28.3 Å². The molecule has 0 atom stereocenters. The number of allylic oxidation sites excluding steroid dienone is 3. The predicted octanol–water partition coefficient (Wildman–Crippen LogP) is 5.13. The molecule has 0 radical (unpaired) electrons. The van der Waals surface area contributed by atoms with Gasteiger partial charge in [0, 0.05) is 16.7 Å². The number of anilines is 1. The summed E-state index contributed by atoms with van der Waals surface area (Å²) >= 11 is 1.05. The quantitative estimate of drug-likeness (QED) is 0.482. The number of carbonyl (C=O) groups is 1. The van der Waals surface area contributed by atoms with Crippen LogP contribution < -0.4 is 16.5 Å². The standard InChI is InChI=1S/C21H29N3O2S/c1-15(26-22)14-27-21(25)24-20-8-7-18(16-9-11-23-12-10-16)13-19(20)17-5-3-2-4-6-17/h5,7-8,13-14,16,23H,2-4,6,9-12,22H2,1H3,(H,24,25)/b15-14-. The van der Waals surface area contributed by atoms with Crippen LogP contribution in [0.1, 0.15) is 62.5 Å². The fourth-order valence-electron chi connectivity index (χ4n) is 3.73. The first-order valence-electron chi connectivity index (χ1n) is 9.72. The van der Waals surface area contributed by atoms with E-state index in [1.807, 2.05) is 0 Å². The number of hydrogen-bond acceptors (Lipinski definition) is 5. The summed E-state index contributed by atoms with van der Waals surface area (Å²) in [6.07, 6.45) is 9.32. The number of hydrogen-bond donors (Lipinski definition) is 3. The summed E-state index contributed by atoms with van der Waals surface area (Å²) in [5.74, 6) is 6.20. The van der Waals surface area contributed by atoms with Crippen LogP contribution in [-0.4, -0.2) is 18.3 Å². The van der Waals surface area contributed by atoms with Gasteiger partial charge in [-0.05, 0) is 99.5 Å². The molecule has 1 saturated heterocycles. The van der Waals surface area contributed by atoms with Crippen molar-refractivity contribution in [2.75, 3.05) is 18.4 Å². The van der Waals surface area contributed by atoms with Crippen LogP contribution in [0.2, 0.25) is 0 Å². The van der Waals surface area contributed by atoms with Crippen LogP contribution in [0.5, 0.6) is 0 Å². The lowest BCUT2D eigenvalue weighted by atomic mass is 9.86. The molecule has 146 valence electrons. The Hall–Kier alpha value is -1.76. The molecular weight excluding hydrogens is 358 g/mol. The molecule has 1 aliphatic heterocycles. The van der Waals surface area contributed by atoms with Crippen LogP contribution >= 0.6 is 11.8 Å². The van der Waals surface area contributed by atoms with E-state index in [-0.39, 0.29) is 5.24 Å². The molecule has 0 spiro atoms. The Morgan fingerprint density at radius 2 is 2.15 bits per heavy atom. The Labute approximate surface area is 165 Å². The molecule has 4 N–H and O–H groups in total. The highest BCUT2D eigenvalue weighted by Gasteiger charge is 2.19. The third-order valence-corrected chi connectivity index (χ3v) is 6.01. The largest absolute Gasteiger partial charge is 0.416 e. The van der Waals surface area contributed by atoms with Gasteiger partial charge in [0.1, 0.15) is 5.76 Å². The van der Waals surface area contributed by atoms with E-state index in [1.165, 1.54) is 42.4 Å². The monoisotopic (exact) mass is 387 g/mol. The number of nitrogens with one attached hydrogen (secondary N) is 2. The number of amides is 1. The first kappa shape index (κ1) is 20.0. The fourth-order valence-corrected chi connectivity index (χ4v) is 4.23. The van der Waals surface area contributed by atoms with E-state index in [0.29, 0.717) is 11.7 Å². The summed E-state index contributed by atoms with van der Waals surface area (Å²) in [4.78, 5) is 16.9. The average molecular weight is 388 g/mol. The van der Waals surface area contributed by atoms with Crippen molar-refractivity contribution in [2.24, 2.45) is 5.90 Å².